The number of hydrogen-bond donors (Lipinski definition) is 9. The van der Waals surface area contributed by atoms with Crippen molar-refractivity contribution in [2.45, 2.75) is 405 Å². The van der Waals surface area contributed by atoms with Gasteiger partial charge in [-0.3, -0.25) is 0 Å². The highest BCUT2D eigenvalue weighted by atomic mass is 31.2. The molecular weight excluding hydrogens is 1280 g/mol. The van der Waals surface area contributed by atoms with Gasteiger partial charge in [0.15, 0.2) is 0 Å². The fraction of sp³-hybridized carbons (Fsp3) is 0.793. The van der Waals surface area contributed by atoms with Crippen molar-refractivity contribution >= 4 is 25.8 Å². The van der Waals surface area contributed by atoms with Gasteiger partial charge in [-0.1, -0.05) is 373 Å². The first-order chi connectivity index (χ1) is 46.8. The zero-order valence-corrected chi connectivity index (χ0v) is 70.3. The van der Waals surface area contributed by atoms with Crippen LogP contribution in [0.2, 0.25) is 0 Å². The summed E-state index contributed by atoms with van der Waals surface area (Å²) in [4.78, 5) is 65.1. The van der Waals surface area contributed by atoms with Crippen molar-refractivity contribution in [3.8, 4) is 0 Å². The Balaban J connectivity index is 0.00000736. The molecule has 0 radical (unpaired) electrons. The fourth-order valence-corrected chi connectivity index (χ4v) is 16.7. The molecule has 3 aromatic rings. The Kier molecular flexibility index (Phi) is 57.0. The third-order valence-electron chi connectivity index (χ3n) is 21.7. The van der Waals surface area contributed by atoms with Gasteiger partial charge in [-0.05, 0) is 166 Å². The second-order valence-corrected chi connectivity index (χ2v) is 34.9. The van der Waals surface area contributed by atoms with Gasteiger partial charge in [0.2, 0.25) is 0 Å². The third kappa shape index (κ3) is 43.1. The first-order valence-electron chi connectivity index (χ1n) is 40.7. The zero-order valence-electron chi connectivity index (χ0n) is 67.6. The number of aryl methyl sites for hydroxylation is 6. The van der Waals surface area contributed by atoms with Crippen LogP contribution in [0.1, 0.15) is 402 Å². The summed E-state index contributed by atoms with van der Waals surface area (Å²) >= 11 is 0. The Morgan fingerprint density at radius 2 is 0.515 bits per heavy atom. The van der Waals surface area contributed by atoms with E-state index >= 15 is 0 Å². The van der Waals surface area contributed by atoms with Crippen molar-refractivity contribution in [1.29, 1.82) is 0 Å². The van der Waals surface area contributed by atoms with Crippen LogP contribution in [0.4, 0.5) is 0 Å². The third-order valence-corrected chi connectivity index (χ3v) is 21.7. The van der Waals surface area contributed by atoms with Gasteiger partial charge in [-0.25, -0.2) is 0 Å². The molecule has 3 rings (SSSR count). The van der Waals surface area contributed by atoms with E-state index in [4.69, 9.17) is 44.0 Å². The molecule has 0 aliphatic carbocycles. The first kappa shape index (κ1) is 97.6. The molecule has 0 bridgehead atoms. The molecular formula is C87H161O9P3. The van der Waals surface area contributed by atoms with Crippen LogP contribution in [0.25, 0.3) is 0 Å². The molecule has 0 heterocycles. The molecule has 0 saturated heterocycles. The number of rotatable bonds is 53. The molecule has 0 aliphatic heterocycles. The van der Waals surface area contributed by atoms with Crippen LogP contribution >= 0.6 is 25.8 Å². The van der Waals surface area contributed by atoms with Crippen LogP contribution in [0.15, 0.2) is 48.5 Å². The molecule has 0 fully saturated rings. The monoisotopic (exact) mass is 1440 g/mol. The molecule has 578 valence electrons. The smallest absolute Gasteiger partial charge is 0.324 e. The number of benzene rings is 3. The van der Waals surface area contributed by atoms with Gasteiger partial charge in [0.05, 0.1) is 0 Å². The minimum atomic E-state index is -2.62. The summed E-state index contributed by atoms with van der Waals surface area (Å²) in [5.74, 6) is 4.76. The fourth-order valence-electron chi connectivity index (χ4n) is 16.7. The molecule has 0 spiro atoms. The van der Waals surface area contributed by atoms with E-state index in [0.29, 0.717) is 0 Å². The lowest BCUT2D eigenvalue weighted by atomic mass is 9.39. The lowest BCUT2D eigenvalue weighted by Crippen LogP contribution is -2.60. The van der Waals surface area contributed by atoms with Crippen LogP contribution in [0.3, 0.4) is 0 Å². The summed E-state index contributed by atoms with van der Waals surface area (Å²) in [6, 6.07) is 21.4. The van der Waals surface area contributed by atoms with Crippen LogP contribution in [0.5, 0.6) is 0 Å². The minimum Gasteiger partial charge on any atom is -0.328 e. The predicted octanol–water partition coefficient (Wildman–Crippen LogP) is 26.8. The van der Waals surface area contributed by atoms with Crippen molar-refractivity contribution in [3.63, 3.8) is 0 Å². The van der Waals surface area contributed by atoms with Gasteiger partial charge in [-0.2, -0.15) is 0 Å². The van der Waals surface area contributed by atoms with Gasteiger partial charge in [0.25, 0.3) is 0 Å². The Morgan fingerprint density at radius 3 is 0.808 bits per heavy atom. The van der Waals surface area contributed by atoms with E-state index < -0.39 is 25.8 Å². The molecule has 9 nitrogen and oxygen atoms in total. The quantitative estimate of drug-likeness (QED) is 0.0196. The summed E-state index contributed by atoms with van der Waals surface area (Å²) in [6.07, 6.45) is 56.9. The minimum absolute atomic E-state index is 0.0243. The number of hydrogen-bond acceptors (Lipinski definition) is 9. The Hall–Kier alpha value is -1.41. The van der Waals surface area contributed by atoms with E-state index in [9.17, 15) is 0 Å². The normalized spacial score (nSPS) is 12.3. The van der Waals surface area contributed by atoms with Gasteiger partial charge in [0, 0.05) is 10.8 Å². The molecule has 0 amide bonds. The summed E-state index contributed by atoms with van der Waals surface area (Å²) in [5, 5.41) is 0. The van der Waals surface area contributed by atoms with Crippen LogP contribution < -0.4 is 0 Å². The maximum Gasteiger partial charge on any atom is 0.324 e. The van der Waals surface area contributed by atoms with Crippen molar-refractivity contribution in [1.82, 2.24) is 0 Å². The Morgan fingerprint density at radius 1 is 0.273 bits per heavy atom. The molecule has 0 atom stereocenters. The maximum atomic E-state index is 7.23. The predicted molar refractivity (Wildman–Crippen MR) is 435 cm³/mol. The van der Waals surface area contributed by atoms with Crippen molar-refractivity contribution < 1.29 is 44.0 Å². The van der Waals surface area contributed by atoms with E-state index in [-0.39, 0.29) is 16.2 Å². The van der Waals surface area contributed by atoms with Gasteiger partial charge >= 0.3 is 25.8 Å². The highest BCUT2D eigenvalue weighted by Gasteiger charge is 2.63. The Bertz CT molecular complexity index is 2280. The molecule has 0 aromatic heterocycles. The van der Waals surface area contributed by atoms with E-state index in [2.05, 4.69) is 173 Å². The van der Waals surface area contributed by atoms with E-state index in [0.717, 1.165) is 35.5 Å². The molecule has 0 unspecified atom stereocenters. The van der Waals surface area contributed by atoms with E-state index in [1.165, 1.54) is 286 Å². The lowest BCUT2D eigenvalue weighted by Gasteiger charge is -2.64. The molecule has 0 aliphatic rings. The SMILES string of the molecule is Cc1cc(CCCCCCCC(C)C)c(C)c(C(CCCCCCCC(C)C)(CCCCCCCC(C)C)C(CCCCCCCC(C)C)(CCCCCCCC(C)C)C(CCCCCCCC(C)C)(c2cc(C)ccc2C)c2cc(C)ccc2C)c1.OP(O)O.OP(O)O.OP(O)O. The van der Waals surface area contributed by atoms with Crippen molar-refractivity contribution in [2.75, 3.05) is 0 Å². The first-order valence-corrected chi connectivity index (χ1v) is 44.3. The van der Waals surface area contributed by atoms with Gasteiger partial charge < -0.3 is 44.0 Å². The summed E-state index contributed by atoms with van der Waals surface area (Å²) in [7, 11) is -7.86. The number of unbranched alkanes of at least 4 members (excludes halogenated alkanes) is 24. The van der Waals surface area contributed by atoms with Crippen LogP contribution in [-0.2, 0) is 17.3 Å². The van der Waals surface area contributed by atoms with Gasteiger partial charge in [-0.15, -0.1) is 0 Å². The van der Waals surface area contributed by atoms with Gasteiger partial charge in [0.1, 0.15) is 0 Å². The molecule has 0 saturated carbocycles. The second kappa shape index (κ2) is 57.8. The summed E-state index contributed by atoms with van der Waals surface area (Å²) in [5.41, 5.74) is 15.9. The summed E-state index contributed by atoms with van der Waals surface area (Å²) < 4.78 is 0. The average molecular weight is 1440 g/mol. The molecule has 9 N–H and O–H groups in total. The van der Waals surface area contributed by atoms with Crippen LogP contribution in [-0.4, -0.2) is 44.0 Å². The molecule has 3 aromatic carbocycles. The molecule has 12 heteroatoms. The lowest BCUT2D eigenvalue weighted by molar-refractivity contribution is -0.0173. The van der Waals surface area contributed by atoms with Crippen molar-refractivity contribution in [2.24, 2.45) is 40.9 Å². The Labute approximate surface area is 616 Å². The topological polar surface area (TPSA) is 182 Å². The molecule has 99 heavy (non-hydrogen) atoms. The van der Waals surface area contributed by atoms with E-state index in [1.54, 1.807) is 33.4 Å². The zero-order chi connectivity index (χ0) is 74.8. The van der Waals surface area contributed by atoms with Crippen molar-refractivity contribution in [3.05, 3.63) is 104 Å². The van der Waals surface area contributed by atoms with Crippen LogP contribution in [0, 0.1) is 82.5 Å². The standard InChI is InChI=1S/C87H152.3H3O3P/c1-69(2)49-37-25-19-31-43-55-81-65-77(15)68-84(80(81)18)85(60-44-32-20-26-38-50-70(3)4,61-45-33-21-27-39-51-71(5)6)86(62-46-34-22-28-40-52-72(7)8,63-47-35-23-29-41-53-73(9)10)87(82-66-75(13)56-58-78(82)16,83-67-76(14)57-59-79(83)17)64-48-36-24-30-42-54-74(11)12;3*1-4(2)3/h56-59,65-74H,19-55,60-64H2,1-18H3;3*1-3H. The summed E-state index contributed by atoms with van der Waals surface area (Å²) in [6.45, 7) is 44.5. The largest absolute Gasteiger partial charge is 0.328 e. The highest BCUT2D eigenvalue weighted by molar-refractivity contribution is 7.38. The average Bonchev–Trinajstić information content (AvgIpc) is 0.685. The van der Waals surface area contributed by atoms with E-state index in [1.807, 2.05) is 5.56 Å². The second-order valence-electron chi connectivity index (χ2n) is 33.3. The highest BCUT2D eigenvalue weighted by Crippen LogP contribution is 2.69. The maximum absolute atomic E-state index is 7.23.